The summed E-state index contributed by atoms with van der Waals surface area (Å²) in [6, 6.07) is 34.0. The van der Waals surface area contributed by atoms with Crippen molar-refractivity contribution >= 4 is 0 Å². The summed E-state index contributed by atoms with van der Waals surface area (Å²) < 4.78 is 17.7. The molecule has 0 fully saturated rings. The van der Waals surface area contributed by atoms with Crippen LogP contribution < -0.4 is 14.2 Å². The predicted molar refractivity (Wildman–Crippen MR) is 148 cm³/mol. The lowest BCUT2D eigenvalue weighted by Gasteiger charge is -2.36. The molecule has 0 aliphatic rings. The van der Waals surface area contributed by atoms with Crippen LogP contribution in [-0.4, -0.2) is 12.2 Å². The van der Waals surface area contributed by atoms with Crippen molar-refractivity contribution in [2.45, 2.75) is 51.4 Å². The third kappa shape index (κ3) is 6.33. The van der Waals surface area contributed by atoms with Gasteiger partial charge in [0.25, 0.3) is 0 Å². The van der Waals surface area contributed by atoms with Gasteiger partial charge in [-0.3, -0.25) is 0 Å². The molecule has 0 saturated carbocycles. The number of aliphatic hydroxyl groups is 1. The van der Waals surface area contributed by atoms with Crippen LogP contribution in [-0.2, 0) is 18.8 Å². The highest BCUT2D eigenvalue weighted by atomic mass is 16.5. The average molecular weight is 497 g/mol. The predicted octanol–water partition coefficient (Wildman–Crippen LogP) is 7.64. The Morgan fingerprint density at radius 1 is 0.703 bits per heavy atom. The van der Waals surface area contributed by atoms with Gasteiger partial charge in [0.05, 0.1) is 12.7 Å². The number of benzene rings is 4. The van der Waals surface area contributed by atoms with E-state index in [2.05, 4.69) is 31.2 Å². The van der Waals surface area contributed by atoms with Gasteiger partial charge in [0.2, 0.25) is 0 Å². The average Bonchev–Trinajstić information content (AvgIpc) is 2.96. The second-order valence-electron chi connectivity index (χ2n) is 9.22. The Bertz CT molecular complexity index is 1240. The molecule has 37 heavy (non-hydrogen) atoms. The molecule has 4 rings (SSSR count). The minimum absolute atomic E-state index is 0.0959. The van der Waals surface area contributed by atoms with Crippen molar-refractivity contribution in [3.63, 3.8) is 0 Å². The molecule has 4 aromatic rings. The first-order valence-electron chi connectivity index (χ1n) is 12.9. The van der Waals surface area contributed by atoms with E-state index < -0.39 is 5.60 Å². The standard InChI is InChI=1S/C33H36O4/c1-4-30(27-16-19-29(20-17-27)36-23-25-12-8-6-9-13-25)33(34,5-2)28-18-21-31(32(22-28)35-3)37-24-26-14-10-7-11-15-26/h6-22,30,34H,4-5,23-24H2,1-3H3. The van der Waals surface area contributed by atoms with Crippen molar-refractivity contribution < 1.29 is 19.3 Å². The van der Waals surface area contributed by atoms with Gasteiger partial charge in [0, 0.05) is 5.92 Å². The summed E-state index contributed by atoms with van der Waals surface area (Å²) in [7, 11) is 1.63. The van der Waals surface area contributed by atoms with Gasteiger partial charge in [0.15, 0.2) is 11.5 Å². The normalized spacial score (nSPS) is 13.4. The van der Waals surface area contributed by atoms with Crippen LogP contribution in [0.25, 0.3) is 0 Å². The number of hydrogen-bond donors (Lipinski definition) is 1. The molecule has 0 aromatic heterocycles. The molecule has 192 valence electrons. The molecule has 4 nitrogen and oxygen atoms in total. The van der Waals surface area contributed by atoms with Gasteiger partial charge in [-0.2, -0.15) is 0 Å². The molecule has 1 N–H and O–H groups in total. The third-order valence-electron chi connectivity index (χ3n) is 6.96. The van der Waals surface area contributed by atoms with E-state index in [-0.39, 0.29) is 5.92 Å². The van der Waals surface area contributed by atoms with E-state index in [0.29, 0.717) is 31.1 Å². The van der Waals surface area contributed by atoms with Gasteiger partial charge in [0.1, 0.15) is 19.0 Å². The van der Waals surface area contributed by atoms with Crippen LogP contribution in [0.2, 0.25) is 0 Å². The van der Waals surface area contributed by atoms with Crippen LogP contribution in [0.1, 0.15) is 54.9 Å². The first-order valence-corrected chi connectivity index (χ1v) is 12.9. The molecule has 0 saturated heterocycles. The molecule has 0 bridgehead atoms. The van der Waals surface area contributed by atoms with E-state index in [1.165, 1.54) is 0 Å². The third-order valence-corrected chi connectivity index (χ3v) is 6.96. The second-order valence-corrected chi connectivity index (χ2v) is 9.22. The maximum atomic E-state index is 12.0. The number of hydrogen-bond acceptors (Lipinski definition) is 4. The van der Waals surface area contributed by atoms with Crippen LogP contribution in [0.15, 0.2) is 103 Å². The maximum absolute atomic E-state index is 12.0. The minimum atomic E-state index is -1.06. The topological polar surface area (TPSA) is 47.9 Å². The molecule has 0 spiro atoms. The first kappa shape index (κ1) is 26.3. The number of ether oxygens (including phenoxy) is 3. The maximum Gasteiger partial charge on any atom is 0.161 e. The summed E-state index contributed by atoms with van der Waals surface area (Å²) in [5.41, 5.74) is 3.04. The van der Waals surface area contributed by atoms with Crippen molar-refractivity contribution in [3.05, 3.63) is 125 Å². The van der Waals surface area contributed by atoms with E-state index >= 15 is 0 Å². The van der Waals surface area contributed by atoms with E-state index in [0.717, 1.165) is 34.4 Å². The van der Waals surface area contributed by atoms with Gasteiger partial charge in [-0.05, 0) is 59.4 Å². The van der Waals surface area contributed by atoms with E-state index in [9.17, 15) is 5.11 Å². The van der Waals surface area contributed by atoms with E-state index in [1.807, 2.05) is 85.8 Å². The van der Waals surface area contributed by atoms with Crippen LogP contribution in [0, 0.1) is 0 Å². The van der Waals surface area contributed by atoms with Crippen LogP contribution in [0.5, 0.6) is 17.2 Å². The van der Waals surface area contributed by atoms with Crippen molar-refractivity contribution in [3.8, 4) is 17.2 Å². The van der Waals surface area contributed by atoms with Gasteiger partial charge in [-0.15, -0.1) is 0 Å². The first-order chi connectivity index (χ1) is 18.1. The largest absolute Gasteiger partial charge is 0.493 e. The molecule has 0 aliphatic carbocycles. The summed E-state index contributed by atoms with van der Waals surface area (Å²) in [6.45, 7) is 5.10. The zero-order valence-electron chi connectivity index (χ0n) is 21.9. The van der Waals surface area contributed by atoms with Crippen LogP contribution >= 0.6 is 0 Å². The fourth-order valence-corrected chi connectivity index (χ4v) is 4.83. The summed E-state index contributed by atoms with van der Waals surface area (Å²) >= 11 is 0. The van der Waals surface area contributed by atoms with E-state index in [4.69, 9.17) is 14.2 Å². The smallest absolute Gasteiger partial charge is 0.161 e. The summed E-state index contributed by atoms with van der Waals surface area (Å²) in [5.74, 6) is 1.98. The van der Waals surface area contributed by atoms with E-state index in [1.54, 1.807) is 7.11 Å². The van der Waals surface area contributed by atoms with Gasteiger partial charge in [-0.1, -0.05) is 92.7 Å². The zero-order valence-corrected chi connectivity index (χ0v) is 21.9. The molecule has 0 heterocycles. The van der Waals surface area contributed by atoms with Gasteiger partial charge >= 0.3 is 0 Å². The Morgan fingerprint density at radius 3 is 1.84 bits per heavy atom. The Kier molecular flexibility index (Phi) is 8.86. The molecule has 4 aromatic carbocycles. The molecular formula is C33H36O4. The Morgan fingerprint density at radius 2 is 1.30 bits per heavy atom. The van der Waals surface area contributed by atoms with Crippen LogP contribution in [0.4, 0.5) is 0 Å². The fourth-order valence-electron chi connectivity index (χ4n) is 4.83. The van der Waals surface area contributed by atoms with Gasteiger partial charge in [-0.25, -0.2) is 0 Å². The molecule has 0 aliphatic heterocycles. The van der Waals surface area contributed by atoms with Gasteiger partial charge < -0.3 is 19.3 Å². The highest BCUT2D eigenvalue weighted by Gasteiger charge is 2.37. The Balaban J connectivity index is 1.52. The number of rotatable bonds is 12. The lowest BCUT2D eigenvalue weighted by Crippen LogP contribution is -2.32. The van der Waals surface area contributed by atoms with Crippen LogP contribution in [0.3, 0.4) is 0 Å². The SMILES string of the molecule is CCC(c1ccc(OCc2ccccc2)cc1)C(O)(CC)c1ccc(OCc2ccccc2)c(OC)c1. The lowest BCUT2D eigenvalue weighted by molar-refractivity contribution is 0.00123. The molecule has 2 unspecified atom stereocenters. The van der Waals surface area contributed by atoms with Crippen molar-refractivity contribution in [2.75, 3.05) is 7.11 Å². The zero-order chi connectivity index (χ0) is 26.1. The lowest BCUT2D eigenvalue weighted by atomic mass is 9.74. The molecular weight excluding hydrogens is 460 g/mol. The highest BCUT2D eigenvalue weighted by molar-refractivity contribution is 5.46. The summed E-state index contributed by atoms with van der Waals surface area (Å²) in [6.07, 6.45) is 1.34. The quantitative estimate of drug-likeness (QED) is 0.219. The fraction of sp³-hybridized carbons (Fsp3) is 0.273. The Hall–Kier alpha value is -3.76. The molecule has 4 heteroatoms. The number of methoxy groups -OCH3 is 1. The van der Waals surface area contributed by atoms with Crippen molar-refractivity contribution in [1.29, 1.82) is 0 Å². The monoisotopic (exact) mass is 496 g/mol. The Labute approximate surface area is 220 Å². The summed E-state index contributed by atoms with van der Waals surface area (Å²) in [4.78, 5) is 0. The summed E-state index contributed by atoms with van der Waals surface area (Å²) in [5, 5.41) is 12.0. The second kappa shape index (κ2) is 12.5. The minimum Gasteiger partial charge on any atom is -0.493 e. The van der Waals surface area contributed by atoms with Crippen molar-refractivity contribution in [1.82, 2.24) is 0 Å². The molecule has 0 radical (unpaired) electrons. The van der Waals surface area contributed by atoms with Crippen molar-refractivity contribution in [2.24, 2.45) is 0 Å². The molecule has 2 atom stereocenters. The highest BCUT2D eigenvalue weighted by Crippen LogP contribution is 2.44. The molecule has 0 amide bonds.